The summed E-state index contributed by atoms with van der Waals surface area (Å²) in [6.45, 7) is 0. The molecule has 0 aliphatic carbocycles. The molecule has 0 bridgehead atoms. The number of methoxy groups -OCH3 is 1. The molecule has 0 fully saturated rings. The third-order valence-electron chi connectivity index (χ3n) is 3.61. The fourth-order valence-corrected chi connectivity index (χ4v) is 2.36. The minimum atomic E-state index is -0.394. The molecule has 3 aromatic rings. The summed E-state index contributed by atoms with van der Waals surface area (Å²) in [7, 11) is 1.58. The van der Waals surface area contributed by atoms with Crippen molar-refractivity contribution in [1.82, 2.24) is 15.8 Å². The number of benzene rings is 2. The molecule has 0 saturated carbocycles. The maximum Gasteiger partial charge on any atom is 0.286 e. The van der Waals surface area contributed by atoms with Crippen molar-refractivity contribution in [3.8, 4) is 5.75 Å². The monoisotopic (exact) mass is 323 g/mol. The highest BCUT2D eigenvalue weighted by Crippen LogP contribution is 2.14. The minimum absolute atomic E-state index is 0.164. The molecule has 0 unspecified atom stereocenters. The summed E-state index contributed by atoms with van der Waals surface area (Å²) in [4.78, 5) is 27.0. The molecule has 0 atom stereocenters. The van der Waals surface area contributed by atoms with Crippen LogP contribution in [0, 0.1) is 0 Å². The molecule has 6 heteroatoms. The second kappa shape index (κ2) is 6.87. The minimum Gasteiger partial charge on any atom is -0.497 e. The van der Waals surface area contributed by atoms with Crippen LogP contribution in [0.2, 0.25) is 0 Å². The van der Waals surface area contributed by atoms with Gasteiger partial charge in [-0.1, -0.05) is 30.3 Å². The van der Waals surface area contributed by atoms with Gasteiger partial charge < -0.3 is 9.72 Å². The number of ether oxygens (including phenoxy) is 1. The third-order valence-corrected chi connectivity index (χ3v) is 3.61. The van der Waals surface area contributed by atoms with Gasteiger partial charge in [-0.3, -0.25) is 20.4 Å². The highest BCUT2D eigenvalue weighted by atomic mass is 16.5. The number of nitrogens with one attached hydrogen (secondary N) is 3. The van der Waals surface area contributed by atoms with Crippen molar-refractivity contribution in [3.05, 3.63) is 65.9 Å². The first-order valence-corrected chi connectivity index (χ1v) is 7.45. The number of rotatable bonds is 4. The maximum atomic E-state index is 12.1. The summed E-state index contributed by atoms with van der Waals surface area (Å²) in [5.41, 5.74) is 6.91. The quantitative estimate of drug-likeness (QED) is 0.644. The molecule has 6 nitrogen and oxygen atoms in total. The van der Waals surface area contributed by atoms with E-state index in [9.17, 15) is 9.59 Å². The predicted octanol–water partition coefficient (Wildman–Crippen LogP) is 2.18. The van der Waals surface area contributed by atoms with Crippen LogP contribution in [0.1, 0.15) is 16.1 Å². The van der Waals surface area contributed by atoms with Crippen LogP contribution in [-0.4, -0.2) is 23.9 Å². The Kier molecular flexibility index (Phi) is 4.47. The van der Waals surface area contributed by atoms with Crippen molar-refractivity contribution in [2.75, 3.05) is 7.11 Å². The Balaban J connectivity index is 1.55. The summed E-state index contributed by atoms with van der Waals surface area (Å²) < 4.78 is 5.07. The lowest BCUT2D eigenvalue weighted by atomic mass is 10.1. The normalized spacial score (nSPS) is 10.4. The highest BCUT2D eigenvalue weighted by molar-refractivity contribution is 5.98. The molecule has 122 valence electrons. The van der Waals surface area contributed by atoms with Crippen LogP contribution < -0.4 is 15.6 Å². The average Bonchev–Trinajstić information content (AvgIpc) is 3.04. The van der Waals surface area contributed by atoms with Gasteiger partial charge in [0, 0.05) is 10.9 Å². The standard InChI is InChI=1S/C18H17N3O3/c1-24-14-8-6-12(7-9-14)10-17(22)20-21-18(23)16-11-13-4-2-3-5-15(13)19-16/h2-9,11,19H,10H2,1H3,(H,20,22)(H,21,23). The van der Waals surface area contributed by atoms with Crippen molar-refractivity contribution >= 4 is 22.7 Å². The second-order valence-electron chi connectivity index (χ2n) is 5.30. The molecule has 0 aliphatic heterocycles. The molecule has 3 N–H and O–H groups in total. The molecule has 0 saturated heterocycles. The molecule has 2 aromatic carbocycles. The molecule has 1 aromatic heterocycles. The predicted molar refractivity (Wildman–Crippen MR) is 90.6 cm³/mol. The molecular weight excluding hydrogens is 306 g/mol. The van der Waals surface area contributed by atoms with E-state index in [0.717, 1.165) is 22.2 Å². The smallest absolute Gasteiger partial charge is 0.286 e. The zero-order valence-electron chi connectivity index (χ0n) is 13.1. The van der Waals surface area contributed by atoms with E-state index in [1.165, 1.54) is 0 Å². The van der Waals surface area contributed by atoms with Crippen molar-refractivity contribution in [3.63, 3.8) is 0 Å². The second-order valence-corrected chi connectivity index (χ2v) is 5.30. The number of H-pyrrole nitrogens is 1. The lowest BCUT2D eigenvalue weighted by molar-refractivity contribution is -0.121. The van der Waals surface area contributed by atoms with Crippen molar-refractivity contribution in [2.24, 2.45) is 0 Å². The number of para-hydroxylation sites is 1. The SMILES string of the molecule is COc1ccc(CC(=O)NNC(=O)c2cc3ccccc3[nH]2)cc1. The fraction of sp³-hybridized carbons (Fsp3) is 0.111. The molecule has 3 rings (SSSR count). The van der Waals surface area contributed by atoms with E-state index in [0.29, 0.717) is 5.69 Å². The van der Waals surface area contributed by atoms with Crippen molar-refractivity contribution in [1.29, 1.82) is 0 Å². The Labute approximate surface area is 138 Å². The number of aromatic nitrogens is 1. The van der Waals surface area contributed by atoms with E-state index >= 15 is 0 Å². The van der Waals surface area contributed by atoms with Crippen molar-refractivity contribution in [2.45, 2.75) is 6.42 Å². The summed E-state index contributed by atoms with van der Waals surface area (Å²) in [6.07, 6.45) is 0.164. The number of amides is 2. The Bertz CT molecular complexity index is 836. The number of aromatic amines is 1. The molecular formula is C18H17N3O3. The Morgan fingerprint density at radius 1 is 1.04 bits per heavy atom. The van der Waals surface area contributed by atoms with Gasteiger partial charge in [0.2, 0.25) is 5.91 Å². The summed E-state index contributed by atoms with van der Waals surface area (Å²) >= 11 is 0. The molecule has 0 aliphatic rings. The lowest BCUT2D eigenvalue weighted by Gasteiger charge is -2.07. The number of hydrogen-bond acceptors (Lipinski definition) is 3. The van der Waals surface area contributed by atoms with Crippen LogP contribution in [-0.2, 0) is 11.2 Å². The number of fused-ring (bicyclic) bond motifs is 1. The van der Waals surface area contributed by atoms with Gasteiger partial charge in [-0.05, 0) is 29.8 Å². The lowest BCUT2D eigenvalue weighted by Crippen LogP contribution is -2.42. The Morgan fingerprint density at radius 3 is 2.50 bits per heavy atom. The number of carbonyl (C=O) groups is 2. The number of hydrazine groups is 1. The van der Waals surface area contributed by atoms with Gasteiger partial charge in [0.25, 0.3) is 5.91 Å². The van der Waals surface area contributed by atoms with E-state index < -0.39 is 5.91 Å². The number of hydrogen-bond donors (Lipinski definition) is 3. The van der Waals surface area contributed by atoms with E-state index in [1.807, 2.05) is 24.3 Å². The van der Waals surface area contributed by atoms with Crippen LogP contribution >= 0.6 is 0 Å². The number of carbonyl (C=O) groups excluding carboxylic acids is 2. The van der Waals surface area contributed by atoms with E-state index in [1.54, 1.807) is 37.4 Å². The molecule has 2 amide bonds. The first-order valence-electron chi connectivity index (χ1n) is 7.45. The van der Waals surface area contributed by atoms with Gasteiger partial charge in [0.15, 0.2) is 0 Å². The van der Waals surface area contributed by atoms with Gasteiger partial charge in [0.05, 0.1) is 13.5 Å². The maximum absolute atomic E-state index is 12.1. The summed E-state index contributed by atoms with van der Waals surface area (Å²) in [6, 6.07) is 16.5. The summed E-state index contributed by atoms with van der Waals surface area (Å²) in [5.74, 6) is 0.0326. The third kappa shape index (κ3) is 3.55. The molecule has 24 heavy (non-hydrogen) atoms. The largest absolute Gasteiger partial charge is 0.497 e. The molecule has 0 spiro atoms. The van der Waals surface area contributed by atoms with Gasteiger partial charge in [-0.2, -0.15) is 0 Å². The zero-order valence-corrected chi connectivity index (χ0v) is 13.1. The van der Waals surface area contributed by atoms with Gasteiger partial charge in [0.1, 0.15) is 11.4 Å². The highest BCUT2D eigenvalue weighted by Gasteiger charge is 2.10. The van der Waals surface area contributed by atoms with E-state index in [-0.39, 0.29) is 12.3 Å². The van der Waals surface area contributed by atoms with Crippen LogP contribution in [0.5, 0.6) is 5.75 Å². The first kappa shape index (κ1) is 15.6. The van der Waals surface area contributed by atoms with Crippen LogP contribution in [0.4, 0.5) is 0 Å². The van der Waals surface area contributed by atoms with Crippen molar-refractivity contribution < 1.29 is 14.3 Å². The zero-order chi connectivity index (χ0) is 16.9. The van der Waals surface area contributed by atoms with Crippen LogP contribution in [0.15, 0.2) is 54.6 Å². The first-order chi connectivity index (χ1) is 11.7. The van der Waals surface area contributed by atoms with E-state index in [4.69, 9.17) is 4.74 Å². The van der Waals surface area contributed by atoms with Gasteiger partial charge >= 0.3 is 0 Å². The fourth-order valence-electron chi connectivity index (χ4n) is 2.36. The van der Waals surface area contributed by atoms with Gasteiger partial charge in [-0.25, -0.2) is 0 Å². The van der Waals surface area contributed by atoms with Crippen LogP contribution in [0.25, 0.3) is 10.9 Å². The molecule has 1 heterocycles. The Hall–Kier alpha value is -3.28. The van der Waals surface area contributed by atoms with Crippen LogP contribution in [0.3, 0.4) is 0 Å². The molecule has 0 radical (unpaired) electrons. The Morgan fingerprint density at radius 2 is 1.79 bits per heavy atom. The average molecular weight is 323 g/mol. The topological polar surface area (TPSA) is 83.2 Å². The van der Waals surface area contributed by atoms with Gasteiger partial charge in [-0.15, -0.1) is 0 Å². The summed E-state index contributed by atoms with van der Waals surface area (Å²) in [5, 5.41) is 0.937. The van der Waals surface area contributed by atoms with E-state index in [2.05, 4.69) is 15.8 Å².